The molecule has 1 atom stereocenters. The Hall–Kier alpha value is -0.0900. The first-order valence-corrected chi connectivity index (χ1v) is 5.66. The Morgan fingerprint density at radius 3 is 3.08 bits per heavy atom. The first-order chi connectivity index (χ1) is 6.22. The van der Waals surface area contributed by atoms with Crippen LogP contribution in [-0.4, -0.2) is 41.9 Å². The van der Waals surface area contributed by atoms with Crippen LogP contribution in [-0.2, 0) is 9.53 Å². The Kier molecular flexibility index (Phi) is 4.73. The number of hydrogen-bond donors (Lipinski definition) is 0. The number of likely N-dealkylation sites (tertiary alicyclic amines) is 1. The predicted molar refractivity (Wildman–Crippen MR) is 55.0 cm³/mol. The number of esters is 1. The predicted octanol–water partition coefficient (Wildman–Crippen LogP) is 1.41. The highest BCUT2D eigenvalue weighted by Crippen LogP contribution is 2.16. The van der Waals surface area contributed by atoms with E-state index in [2.05, 4.69) is 20.8 Å². The van der Waals surface area contributed by atoms with Crippen molar-refractivity contribution in [3.05, 3.63) is 0 Å². The van der Waals surface area contributed by atoms with E-state index in [9.17, 15) is 4.79 Å². The number of rotatable bonds is 3. The Morgan fingerprint density at radius 1 is 1.69 bits per heavy atom. The summed E-state index contributed by atoms with van der Waals surface area (Å²) in [4.78, 5) is 13.8. The first-order valence-electron chi connectivity index (χ1n) is 4.74. The van der Waals surface area contributed by atoms with Crippen molar-refractivity contribution < 1.29 is 9.53 Å². The molecule has 3 nitrogen and oxygen atoms in total. The van der Waals surface area contributed by atoms with E-state index in [1.807, 2.05) is 6.92 Å². The summed E-state index contributed by atoms with van der Waals surface area (Å²) in [5.41, 5.74) is 0. The van der Waals surface area contributed by atoms with E-state index in [0.717, 1.165) is 19.5 Å². The topological polar surface area (TPSA) is 29.5 Å². The van der Waals surface area contributed by atoms with Crippen LogP contribution in [0.25, 0.3) is 0 Å². The van der Waals surface area contributed by atoms with Gasteiger partial charge in [0.15, 0.2) is 0 Å². The average molecular weight is 250 g/mol. The van der Waals surface area contributed by atoms with Crippen LogP contribution in [0.3, 0.4) is 0 Å². The molecule has 1 aliphatic rings. The van der Waals surface area contributed by atoms with E-state index in [1.54, 1.807) is 0 Å². The molecule has 4 heteroatoms. The fourth-order valence-corrected chi connectivity index (χ4v) is 2.27. The lowest BCUT2D eigenvalue weighted by molar-refractivity contribution is -0.144. The lowest BCUT2D eigenvalue weighted by atomic mass is 10.1. The van der Waals surface area contributed by atoms with Gasteiger partial charge in [-0.15, -0.1) is 0 Å². The summed E-state index contributed by atoms with van der Waals surface area (Å²) in [5, 5.41) is 0. The third-order valence-corrected chi connectivity index (χ3v) is 2.85. The largest absolute Gasteiger partial charge is 0.465 e. The molecule has 1 saturated heterocycles. The van der Waals surface area contributed by atoms with Crippen molar-refractivity contribution in [2.75, 3.05) is 26.2 Å². The maximum absolute atomic E-state index is 11.1. The number of piperidine rings is 1. The SMILES string of the molecule is CCOC(=O)CN1CCCC(Br)C1. The standard InChI is InChI=1S/C9H16BrNO2/c1-2-13-9(12)7-11-5-3-4-8(10)6-11/h8H,2-7H2,1H3. The van der Waals surface area contributed by atoms with Crippen LogP contribution in [0, 0.1) is 0 Å². The van der Waals surface area contributed by atoms with Gasteiger partial charge in [-0.05, 0) is 26.3 Å². The molecule has 0 aromatic heterocycles. The number of ether oxygens (including phenoxy) is 1. The van der Waals surface area contributed by atoms with E-state index < -0.39 is 0 Å². The highest BCUT2D eigenvalue weighted by Gasteiger charge is 2.19. The molecule has 1 fully saturated rings. The van der Waals surface area contributed by atoms with E-state index in [4.69, 9.17) is 4.74 Å². The molecule has 0 aliphatic carbocycles. The summed E-state index contributed by atoms with van der Waals surface area (Å²) in [6.07, 6.45) is 2.37. The Balaban J connectivity index is 2.23. The molecule has 76 valence electrons. The van der Waals surface area contributed by atoms with Crippen LogP contribution < -0.4 is 0 Å². The average Bonchev–Trinajstić information content (AvgIpc) is 2.04. The van der Waals surface area contributed by atoms with Crippen molar-refractivity contribution in [2.24, 2.45) is 0 Å². The van der Waals surface area contributed by atoms with Crippen molar-refractivity contribution in [2.45, 2.75) is 24.6 Å². The lowest BCUT2D eigenvalue weighted by Gasteiger charge is -2.28. The number of alkyl halides is 1. The molecule has 0 saturated carbocycles. The molecule has 1 unspecified atom stereocenters. The zero-order valence-corrected chi connectivity index (χ0v) is 9.55. The molecule has 0 spiro atoms. The normalized spacial score (nSPS) is 24.3. The molecule has 0 aromatic carbocycles. The minimum Gasteiger partial charge on any atom is -0.465 e. The molecule has 1 heterocycles. The molecule has 0 aromatic rings. The number of carbonyl (C=O) groups is 1. The molecule has 0 amide bonds. The quantitative estimate of drug-likeness (QED) is 0.560. The molecule has 1 aliphatic heterocycles. The Labute approximate surface area is 87.6 Å². The summed E-state index contributed by atoms with van der Waals surface area (Å²) in [6, 6.07) is 0. The zero-order chi connectivity index (χ0) is 9.68. The third-order valence-electron chi connectivity index (χ3n) is 2.11. The maximum atomic E-state index is 11.1. The summed E-state index contributed by atoms with van der Waals surface area (Å²) in [6.45, 7) is 4.72. The number of halogens is 1. The summed E-state index contributed by atoms with van der Waals surface area (Å²) in [5.74, 6) is -0.107. The summed E-state index contributed by atoms with van der Waals surface area (Å²) >= 11 is 3.56. The van der Waals surface area contributed by atoms with Gasteiger partial charge in [0.25, 0.3) is 0 Å². The van der Waals surface area contributed by atoms with Crippen LogP contribution in [0.15, 0.2) is 0 Å². The Morgan fingerprint density at radius 2 is 2.46 bits per heavy atom. The van der Waals surface area contributed by atoms with Gasteiger partial charge >= 0.3 is 5.97 Å². The smallest absolute Gasteiger partial charge is 0.320 e. The van der Waals surface area contributed by atoms with Crippen LogP contribution in [0.1, 0.15) is 19.8 Å². The highest BCUT2D eigenvalue weighted by molar-refractivity contribution is 9.09. The van der Waals surface area contributed by atoms with Crippen LogP contribution in [0.2, 0.25) is 0 Å². The second kappa shape index (κ2) is 5.60. The van der Waals surface area contributed by atoms with Crippen molar-refractivity contribution in [3.63, 3.8) is 0 Å². The van der Waals surface area contributed by atoms with Crippen molar-refractivity contribution in [1.29, 1.82) is 0 Å². The van der Waals surface area contributed by atoms with Crippen molar-refractivity contribution in [3.8, 4) is 0 Å². The van der Waals surface area contributed by atoms with E-state index >= 15 is 0 Å². The Bertz CT molecular complexity index is 175. The fraction of sp³-hybridized carbons (Fsp3) is 0.889. The van der Waals surface area contributed by atoms with Gasteiger partial charge in [-0.25, -0.2) is 0 Å². The number of nitrogens with zero attached hydrogens (tertiary/aromatic N) is 1. The molecule has 0 N–H and O–H groups in total. The third kappa shape index (κ3) is 4.09. The fourth-order valence-electron chi connectivity index (χ4n) is 1.53. The minimum absolute atomic E-state index is 0.107. The molecular formula is C9H16BrNO2. The van der Waals surface area contributed by atoms with Gasteiger partial charge in [0.2, 0.25) is 0 Å². The second-order valence-electron chi connectivity index (χ2n) is 3.28. The van der Waals surface area contributed by atoms with E-state index in [-0.39, 0.29) is 5.97 Å². The summed E-state index contributed by atoms with van der Waals surface area (Å²) < 4.78 is 4.88. The van der Waals surface area contributed by atoms with Gasteiger partial charge in [0.05, 0.1) is 13.2 Å². The molecule has 1 rings (SSSR count). The van der Waals surface area contributed by atoms with Gasteiger partial charge in [-0.1, -0.05) is 15.9 Å². The van der Waals surface area contributed by atoms with Crippen molar-refractivity contribution >= 4 is 21.9 Å². The summed E-state index contributed by atoms with van der Waals surface area (Å²) in [7, 11) is 0. The van der Waals surface area contributed by atoms with Crippen LogP contribution in [0.4, 0.5) is 0 Å². The molecule has 0 bridgehead atoms. The second-order valence-corrected chi connectivity index (χ2v) is 4.57. The molecule has 0 radical (unpaired) electrons. The van der Waals surface area contributed by atoms with Gasteiger partial charge in [-0.2, -0.15) is 0 Å². The first kappa shape index (κ1) is 11.0. The lowest BCUT2D eigenvalue weighted by Crippen LogP contribution is -2.39. The molecule has 13 heavy (non-hydrogen) atoms. The minimum atomic E-state index is -0.107. The van der Waals surface area contributed by atoms with Gasteiger partial charge in [0, 0.05) is 11.4 Å². The van der Waals surface area contributed by atoms with E-state index in [0.29, 0.717) is 18.0 Å². The zero-order valence-electron chi connectivity index (χ0n) is 7.96. The monoisotopic (exact) mass is 249 g/mol. The molecular weight excluding hydrogens is 234 g/mol. The maximum Gasteiger partial charge on any atom is 0.320 e. The number of carbonyl (C=O) groups excluding carboxylic acids is 1. The van der Waals surface area contributed by atoms with Crippen LogP contribution >= 0.6 is 15.9 Å². The van der Waals surface area contributed by atoms with E-state index in [1.165, 1.54) is 6.42 Å². The van der Waals surface area contributed by atoms with Gasteiger partial charge in [0.1, 0.15) is 0 Å². The number of hydrogen-bond acceptors (Lipinski definition) is 3. The van der Waals surface area contributed by atoms with Gasteiger partial charge in [-0.3, -0.25) is 9.69 Å². The highest BCUT2D eigenvalue weighted by atomic mass is 79.9. The van der Waals surface area contributed by atoms with Crippen molar-refractivity contribution in [1.82, 2.24) is 4.90 Å². The van der Waals surface area contributed by atoms with Gasteiger partial charge < -0.3 is 4.74 Å². The van der Waals surface area contributed by atoms with Crippen LogP contribution in [0.5, 0.6) is 0 Å².